The fraction of sp³-hybridized carbons (Fsp3) is 0.211. The summed E-state index contributed by atoms with van der Waals surface area (Å²) in [7, 11) is 0. The molecule has 1 heterocycles. The Hall–Kier alpha value is -2.86. The number of ether oxygens (including phenoxy) is 1. The van der Waals surface area contributed by atoms with E-state index in [9.17, 15) is 9.90 Å². The largest absolute Gasteiger partial charge is 0.506 e. The average molecular weight is 372 g/mol. The third kappa shape index (κ3) is 3.55. The monoisotopic (exact) mass is 371 g/mol. The molecule has 0 aliphatic rings. The van der Waals surface area contributed by atoms with Crippen molar-refractivity contribution >= 4 is 28.6 Å². The molecule has 0 saturated carbocycles. The van der Waals surface area contributed by atoms with Gasteiger partial charge in [-0.25, -0.2) is 4.79 Å². The van der Waals surface area contributed by atoms with Crippen LogP contribution in [0.25, 0.3) is 16.7 Å². The van der Waals surface area contributed by atoms with E-state index >= 15 is 0 Å². The molecule has 1 aromatic heterocycles. The van der Waals surface area contributed by atoms with Gasteiger partial charge in [0.15, 0.2) is 0 Å². The maximum atomic E-state index is 11.8. The number of halogens is 1. The molecule has 134 valence electrons. The fourth-order valence-corrected chi connectivity index (χ4v) is 2.68. The first-order chi connectivity index (χ1) is 12.4. The van der Waals surface area contributed by atoms with E-state index < -0.39 is 12.1 Å². The van der Waals surface area contributed by atoms with E-state index in [0.29, 0.717) is 33.7 Å². The van der Waals surface area contributed by atoms with Crippen molar-refractivity contribution in [1.82, 2.24) is 15.0 Å². The number of hydrogen-bond donors (Lipinski definition) is 1. The molecule has 3 aromatic rings. The van der Waals surface area contributed by atoms with Crippen LogP contribution in [0.2, 0.25) is 5.02 Å². The summed E-state index contributed by atoms with van der Waals surface area (Å²) >= 11 is 5.98. The van der Waals surface area contributed by atoms with E-state index in [4.69, 9.17) is 16.3 Å². The molecule has 1 unspecified atom stereocenters. The second-order valence-corrected chi connectivity index (χ2v) is 6.39. The summed E-state index contributed by atoms with van der Waals surface area (Å²) in [5.74, 6) is -0.440. The van der Waals surface area contributed by atoms with Crippen molar-refractivity contribution in [3.63, 3.8) is 0 Å². The summed E-state index contributed by atoms with van der Waals surface area (Å²) in [6, 6.07) is 10.1. The number of nitrogens with zero attached hydrogens (tertiary/aromatic N) is 3. The SMILES string of the molecule is C=C(C)C(=O)OC(CC)c1ccc(O)c(-n2nc3ccc(Cl)cc3n2)c1. The standard InChI is InChI=1S/C19H18ClN3O3/c1-4-18(26-19(25)11(2)3)12-5-8-17(24)16(9-12)23-21-14-7-6-13(20)10-15(14)22-23/h5-10,18,24H,2,4H2,1,3H3. The molecular weight excluding hydrogens is 354 g/mol. The van der Waals surface area contributed by atoms with Gasteiger partial charge in [0.2, 0.25) is 0 Å². The van der Waals surface area contributed by atoms with Gasteiger partial charge in [-0.1, -0.05) is 31.2 Å². The summed E-state index contributed by atoms with van der Waals surface area (Å²) in [6.07, 6.45) is 0.117. The first-order valence-electron chi connectivity index (χ1n) is 8.11. The molecule has 6 nitrogen and oxygen atoms in total. The number of aromatic nitrogens is 3. The van der Waals surface area contributed by atoms with Gasteiger partial charge in [0, 0.05) is 10.6 Å². The van der Waals surface area contributed by atoms with Crippen molar-refractivity contribution in [3.8, 4) is 11.4 Å². The van der Waals surface area contributed by atoms with Crippen LogP contribution in [0.4, 0.5) is 0 Å². The lowest BCUT2D eigenvalue weighted by molar-refractivity contribution is -0.144. The molecule has 0 aliphatic heterocycles. The lowest BCUT2D eigenvalue weighted by Gasteiger charge is -2.17. The second-order valence-electron chi connectivity index (χ2n) is 5.95. The van der Waals surface area contributed by atoms with Crippen LogP contribution in [0.1, 0.15) is 31.9 Å². The van der Waals surface area contributed by atoms with Gasteiger partial charge in [-0.2, -0.15) is 0 Å². The van der Waals surface area contributed by atoms with E-state index in [-0.39, 0.29) is 5.75 Å². The lowest BCUT2D eigenvalue weighted by atomic mass is 10.1. The van der Waals surface area contributed by atoms with Gasteiger partial charge in [0.1, 0.15) is 28.6 Å². The van der Waals surface area contributed by atoms with Gasteiger partial charge >= 0.3 is 5.97 Å². The van der Waals surface area contributed by atoms with Crippen molar-refractivity contribution < 1.29 is 14.6 Å². The highest BCUT2D eigenvalue weighted by molar-refractivity contribution is 6.31. The Morgan fingerprint density at radius 2 is 2.00 bits per heavy atom. The Balaban J connectivity index is 2.00. The minimum atomic E-state index is -0.460. The Bertz CT molecular complexity index is 997. The normalized spacial score (nSPS) is 12.1. The molecule has 0 radical (unpaired) electrons. The molecule has 26 heavy (non-hydrogen) atoms. The van der Waals surface area contributed by atoms with Gasteiger partial charge in [-0.15, -0.1) is 15.0 Å². The molecule has 0 spiro atoms. The summed E-state index contributed by atoms with van der Waals surface area (Å²) in [6.45, 7) is 7.10. The van der Waals surface area contributed by atoms with Gasteiger partial charge in [0.05, 0.1) is 0 Å². The maximum absolute atomic E-state index is 11.8. The van der Waals surface area contributed by atoms with Crippen LogP contribution in [0.15, 0.2) is 48.6 Å². The minimum Gasteiger partial charge on any atom is -0.506 e. The number of phenols is 1. The quantitative estimate of drug-likeness (QED) is 0.533. The van der Waals surface area contributed by atoms with E-state index in [1.807, 2.05) is 6.92 Å². The van der Waals surface area contributed by atoms with Crippen molar-refractivity contribution in [2.24, 2.45) is 0 Å². The van der Waals surface area contributed by atoms with Gasteiger partial charge in [-0.3, -0.25) is 0 Å². The van der Waals surface area contributed by atoms with Crippen LogP contribution in [0.3, 0.4) is 0 Å². The number of hydrogen-bond acceptors (Lipinski definition) is 5. The number of phenolic OH excluding ortho intramolecular Hbond substituents is 1. The topological polar surface area (TPSA) is 77.2 Å². The van der Waals surface area contributed by atoms with E-state index in [1.165, 1.54) is 10.9 Å². The van der Waals surface area contributed by atoms with Gasteiger partial charge < -0.3 is 9.84 Å². The average Bonchev–Trinajstić information content (AvgIpc) is 3.02. The van der Waals surface area contributed by atoms with Crippen molar-refractivity contribution in [1.29, 1.82) is 0 Å². The van der Waals surface area contributed by atoms with Gasteiger partial charge in [0.25, 0.3) is 0 Å². The maximum Gasteiger partial charge on any atom is 0.333 e. The molecule has 0 fully saturated rings. The minimum absolute atomic E-state index is 0.0150. The third-order valence-corrected chi connectivity index (χ3v) is 4.13. The molecule has 1 N–H and O–H groups in total. The van der Waals surface area contributed by atoms with Gasteiger partial charge in [-0.05, 0) is 49.2 Å². The number of fused-ring (bicyclic) bond motifs is 1. The molecule has 0 amide bonds. The Morgan fingerprint density at radius 3 is 2.69 bits per heavy atom. The van der Waals surface area contributed by atoms with E-state index in [1.54, 1.807) is 37.3 Å². The van der Waals surface area contributed by atoms with Crippen LogP contribution in [-0.2, 0) is 9.53 Å². The van der Waals surface area contributed by atoms with Crippen molar-refractivity contribution in [2.45, 2.75) is 26.4 Å². The second kappa shape index (κ2) is 7.17. The summed E-state index contributed by atoms with van der Waals surface area (Å²) in [5.41, 5.74) is 2.72. The molecule has 1 atom stereocenters. The summed E-state index contributed by atoms with van der Waals surface area (Å²) in [4.78, 5) is 13.2. The molecule has 7 heteroatoms. The lowest BCUT2D eigenvalue weighted by Crippen LogP contribution is -2.12. The first-order valence-corrected chi connectivity index (χ1v) is 8.49. The smallest absolute Gasteiger partial charge is 0.333 e. The van der Waals surface area contributed by atoms with Crippen LogP contribution in [-0.4, -0.2) is 26.1 Å². The summed E-state index contributed by atoms with van der Waals surface area (Å²) in [5, 5.41) is 19.5. The van der Waals surface area contributed by atoms with Crippen molar-refractivity contribution in [2.75, 3.05) is 0 Å². The zero-order chi connectivity index (χ0) is 18.8. The number of carbonyl (C=O) groups excluding carboxylic acids is 1. The Kier molecular flexibility index (Phi) is 4.95. The number of carbonyl (C=O) groups is 1. The van der Waals surface area contributed by atoms with Crippen LogP contribution < -0.4 is 0 Å². The molecule has 0 bridgehead atoms. The molecule has 2 aromatic carbocycles. The highest BCUT2D eigenvalue weighted by Gasteiger charge is 2.18. The van der Waals surface area contributed by atoms with Crippen LogP contribution in [0, 0.1) is 0 Å². The number of rotatable bonds is 5. The molecule has 3 rings (SSSR count). The van der Waals surface area contributed by atoms with Crippen LogP contribution >= 0.6 is 11.6 Å². The number of benzene rings is 2. The van der Waals surface area contributed by atoms with Crippen molar-refractivity contribution in [3.05, 3.63) is 59.1 Å². The fourth-order valence-electron chi connectivity index (χ4n) is 2.51. The predicted molar refractivity (Wildman–Crippen MR) is 99.5 cm³/mol. The third-order valence-electron chi connectivity index (χ3n) is 3.90. The first kappa shape index (κ1) is 17.9. The zero-order valence-electron chi connectivity index (χ0n) is 14.4. The Labute approximate surface area is 155 Å². The number of aromatic hydroxyl groups is 1. The zero-order valence-corrected chi connectivity index (χ0v) is 15.2. The van der Waals surface area contributed by atoms with E-state index in [2.05, 4.69) is 16.8 Å². The molecule has 0 aliphatic carbocycles. The predicted octanol–water partition coefficient (Wildman–Crippen LogP) is 4.35. The Morgan fingerprint density at radius 1 is 1.27 bits per heavy atom. The highest BCUT2D eigenvalue weighted by atomic mass is 35.5. The molecular formula is C19H18ClN3O3. The highest BCUT2D eigenvalue weighted by Crippen LogP contribution is 2.29. The number of esters is 1. The summed E-state index contributed by atoms with van der Waals surface area (Å²) < 4.78 is 5.46. The van der Waals surface area contributed by atoms with Crippen LogP contribution in [0.5, 0.6) is 5.75 Å². The molecule has 0 saturated heterocycles. The van der Waals surface area contributed by atoms with E-state index in [0.717, 1.165) is 5.56 Å².